The van der Waals surface area contributed by atoms with Gasteiger partial charge >= 0.3 is 0 Å². The van der Waals surface area contributed by atoms with E-state index in [1.54, 1.807) is 24.3 Å². The van der Waals surface area contributed by atoms with Crippen molar-refractivity contribution in [2.45, 2.75) is 33.1 Å². The lowest BCUT2D eigenvalue weighted by atomic mass is 9.74. The van der Waals surface area contributed by atoms with Crippen molar-refractivity contribution >= 4 is 17.3 Å². The maximum atomic E-state index is 12.8. The lowest BCUT2D eigenvalue weighted by Gasteiger charge is -2.26. The summed E-state index contributed by atoms with van der Waals surface area (Å²) in [7, 11) is 0. The Labute approximate surface area is 148 Å². The molecule has 3 nitrogen and oxygen atoms in total. The molecule has 25 heavy (non-hydrogen) atoms. The molecule has 2 aromatic rings. The van der Waals surface area contributed by atoms with E-state index in [1.807, 2.05) is 38.1 Å². The third-order valence-electron chi connectivity index (χ3n) is 4.98. The Morgan fingerprint density at radius 2 is 1.08 bits per heavy atom. The number of ketones is 3. The van der Waals surface area contributed by atoms with Crippen LogP contribution in [-0.2, 0) is 4.79 Å². The molecule has 128 valence electrons. The number of aryl methyl sites for hydroxylation is 2. The molecule has 0 aromatic heterocycles. The van der Waals surface area contributed by atoms with Crippen molar-refractivity contribution in [3.63, 3.8) is 0 Å². The summed E-state index contributed by atoms with van der Waals surface area (Å²) in [6, 6.07) is 14.5. The molecule has 0 amide bonds. The first-order valence-corrected chi connectivity index (χ1v) is 8.73. The van der Waals surface area contributed by atoms with Gasteiger partial charge in [-0.05, 0) is 26.7 Å². The third-order valence-corrected chi connectivity index (χ3v) is 4.98. The average molecular weight is 334 g/mol. The summed E-state index contributed by atoms with van der Waals surface area (Å²) in [6.07, 6.45) is 1.78. The zero-order valence-electron chi connectivity index (χ0n) is 14.6. The second-order valence-electron chi connectivity index (χ2n) is 6.90. The summed E-state index contributed by atoms with van der Waals surface area (Å²) in [5.41, 5.74) is 3.23. The second-order valence-corrected chi connectivity index (χ2v) is 6.90. The van der Waals surface area contributed by atoms with Gasteiger partial charge in [0.25, 0.3) is 0 Å². The number of rotatable bonds is 4. The monoisotopic (exact) mass is 334 g/mol. The van der Waals surface area contributed by atoms with Crippen LogP contribution >= 0.6 is 0 Å². The molecule has 0 bridgehead atoms. The fraction of sp³-hybridized carbons (Fsp3) is 0.318. The molecule has 0 aliphatic heterocycles. The van der Waals surface area contributed by atoms with Crippen molar-refractivity contribution in [1.29, 1.82) is 0 Å². The van der Waals surface area contributed by atoms with Crippen LogP contribution in [0.3, 0.4) is 0 Å². The van der Waals surface area contributed by atoms with Gasteiger partial charge in [0.2, 0.25) is 0 Å². The molecule has 2 aromatic carbocycles. The minimum absolute atomic E-state index is 0.161. The van der Waals surface area contributed by atoms with Crippen LogP contribution in [0.2, 0.25) is 0 Å². The number of benzene rings is 2. The Kier molecular flexibility index (Phi) is 4.93. The maximum absolute atomic E-state index is 12.8. The highest BCUT2D eigenvalue weighted by Gasteiger charge is 2.39. The molecule has 0 spiro atoms. The highest BCUT2D eigenvalue weighted by atomic mass is 16.2. The topological polar surface area (TPSA) is 51.2 Å². The van der Waals surface area contributed by atoms with E-state index >= 15 is 0 Å². The van der Waals surface area contributed by atoms with Crippen LogP contribution in [0, 0.1) is 25.7 Å². The van der Waals surface area contributed by atoms with Gasteiger partial charge in [0.05, 0.1) is 11.8 Å². The van der Waals surface area contributed by atoms with Crippen molar-refractivity contribution in [1.82, 2.24) is 0 Å². The Hall–Kier alpha value is -2.55. The Balaban J connectivity index is 1.80. The number of Topliss-reactive ketones (excluding diaryl/α,β-unsaturated/α-hetero) is 3. The van der Waals surface area contributed by atoms with E-state index in [4.69, 9.17) is 0 Å². The molecule has 0 unspecified atom stereocenters. The number of carbonyl (C=O) groups is 3. The molecule has 0 heterocycles. The van der Waals surface area contributed by atoms with E-state index in [9.17, 15) is 14.4 Å². The smallest absolute Gasteiger partial charge is 0.173 e. The molecule has 3 rings (SSSR count). The van der Waals surface area contributed by atoms with Gasteiger partial charge in [-0.25, -0.2) is 0 Å². The quantitative estimate of drug-likeness (QED) is 0.617. The number of hydrogen-bond acceptors (Lipinski definition) is 3. The van der Waals surface area contributed by atoms with Gasteiger partial charge in [-0.15, -0.1) is 0 Å². The standard InChI is InChI=1S/C22H22O3/c1-14-6-10-16(11-7-14)20(23)18-4-3-5-19(22(18)25)21(24)17-12-8-15(2)9-13-17/h6-13,18-19H,3-5H2,1-2H3/t18-,19-/m0/s1. The van der Waals surface area contributed by atoms with Crippen LogP contribution in [0.4, 0.5) is 0 Å². The zero-order valence-corrected chi connectivity index (χ0v) is 14.6. The molecular weight excluding hydrogens is 312 g/mol. The molecule has 0 radical (unpaired) electrons. The minimum Gasteiger partial charge on any atom is -0.298 e. The highest BCUT2D eigenvalue weighted by Crippen LogP contribution is 2.31. The Bertz CT molecular complexity index is 733. The molecule has 1 aliphatic rings. The van der Waals surface area contributed by atoms with Crippen LogP contribution in [0.15, 0.2) is 48.5 Å². The maximum Gasteiger partial charge on any atom is 0.173 e. The second kappa shape index (κ2) is 7.14. The van der Waals surface area contributed by atoms with Crippen LogP contribution < -0.4 is 0 Å². The van der Waals surface area contributed by atoms with E-state index in [-0.39, 0.29) is 17.3 Å². The van der Waals surface area contributed by atoms with Gasteiger partial charge in [-0.2, -0.15) is 0 Å². The van der Waals surface area contributed by atoms with Gasteiger partial charge in [0, 0.05) is 11.1 Å². The minimum atomic E-state index is -0.698. The molecule has 1 aliphatic carbocycles. The molecule has 1 saturated carbocycles. The fourth-order valence-corrected chi connectivity index (χ4v) is 3.41. The first kappa shape index (κ1) is 17.3. The van der Waals surface area contributed by atoms with E-state index in [2.05, 4.69) is 0 Å². The van der Waals surface area contributed by atoms with Crippen LogP contribution in [0.5, 0.6) is 0 Å². The molecule has 2 atom stereocenters. The summed E-state index contributed by atoms with van der Waals surface area (Å²) in [5, 5.41) is 0. The van der Waals surface area contributed by atoms with Gasteiger partial charge < -0.3 is 0 Å². The summed E-state index contributed by atoms with van der Waals surface area (Å²) < 4.78 is 0. The molecule has 1 fully saturated rings. The fourth-order valence-electron chi connectivity index (χ4n) is 3.41. The van der Waals surface area contributed by atoms with Gasteiger partial charge in [-0.3, -0.25) is 14.4 Å². The first-order chi connectivity index (χ1) is 12.0. The van der Waals surface area contributed by atoms with E-state index in [1.165, 1.54) is 0 Å². The largest absolute Gasteiger partial charge is 0.298 e. The predicted octanol–water partition coefficient (Wildman–Crippen LogP) is 4.35. The SMILES string of the molecule is Cc1ccc(C(=O)[C@@H]2CCC[C@@H](C(=O)c3ccc(C)cc3)C2=O)cc1. The van der Waals surface area contributed by atoms with E-state index in [0.29, 0.717) is 24.0 Å². The Morgan fingerprint density at radius 3 is 1.44 bits per heavy atom. The zero-order chi connectivity index (χ0) is 18.0. The number of hydrogen-bond donors (Lipinski definition) is 0. The highest BCUT2D eigenvalue weighted by molar-refractivity contribution is 6.19. The summed E-state index contributed by atoms with van der Waals surface area (Å²) in [4.78, 5) is 38.3. The summed E-state index contributed by atoms with van der Waals surface area (Å²) >= 11 is 0. The van der Waals surface area contributed by atoms with Crippen molar-refractivity contribution in [3.05, 3.63) is 70.8 Å². The van der Waals surface area contributed by atoms with Crippen LogP contribution in [-0.4, -0.2) is 17.3 Å². The molecule has 0 N–H and O–H groups in total. The van der Waals surface area contributed by atoms with E-state index in [0.717, 1.165) is 17.5 Å². The summed E-state index contributed by atoms with van der Waals surface area (Å²) in [5.74, 6) is -1.94. The van der Waals surface area contributed by atoms with Crippen molar-refractivity contribution in [3.8, 4) is 0 Å². The lowest BCUT2D eigenvalue weighted by Crippen LogP contribution is -2.37. The lowest BCUT2D eigenvalue weighted by molar-refractivity contribution is -0.125. The predicted molar refractivity (Wildman–Crippen MR) is 96.9 cm³/mol. The first-order valence-electron chi connectivity index (χ1n) is 8.73. The molecular formula is C22H22O3. The average Bonchev–Trinajstić information content (AvgIpc) is 2.62. The Morgan fingerprint density at radius 1 is 0.720 bits per heavy atom. The third kappa shape index (κ3) is 3.60. The number of carbonyl (C=O) groups excluding carboxylic acids is 3. The van der Waals surface area contributed by atoms with Gasteiger partial charge in [0.15, 0.2) is 17.3 Å². The normalized spacial score (nSPS) is 20.3. The van der Waals surface area contributed by atoms with Crippen LogP contribution in [0.25, 0.3) is 0 Å². The van der Waals surface area contributed by atoms with Crippen molar-refractivity contribution < 1.29 is 14.4 Å². The van der Waals surface area contributed by atoms with Crippen LogP contribution in [0.1, 0.15) is 51.1 Å². The van der Waals surface area contributed by atoms with Gasteiger partial charge in [0.1, 0.15) is 0 Å². The van der Waals surface area contributed by atoms with Crippen molar-refractivity contribution in [2.75, 3.05) is 0 Å². The van der Waals surface area contributed by atoms with Gasteiger partial charge in [-0.1, -0.05) is 66.1 Å². The summed E-state index contributed by atoms with van der Waals surface area (Å²) in [6.45, 7) is 3.91. The molecule has 0 saturated heterocycles. The molecule has 3 heteroatoms. The van der Waals surface area contributed by atoms with Crippen molar-refractivity contribution in [2.24, 2.45) is 11.8 Å². The van der Waals surface area contributed by atoms with E-state index < -0.39 is 11.8 Å².